The number of nitrogens with zero attached hydrogens (tertiary/aromatic N) is 1. The lowest BCUT2D eigenvalue weighted by atomic mass is 10.2. The maximum absolute atomic E-state index is 11.9. The Morgan fingerprint density at radius 2 is 1.82 bits per heavy atom. The average molecular weight is 241 g/mol. The van der Waals surface area contributed by atoms with Crippen LogP contribution in [0.3, 0.4) is 0 Å². The lowest BCUT2D eigenvalue weighted by Crippen LogP contribution is -2.13. The Bertz CT molecular complexity index is 510. The van der Waals surface area contributed by atoms with Crippen LogP contribution >= 0.6 is 0 Å². The summed E-state index contributed by atoms with van der Waals surface area (Å²) in [4.78, 5) is 4.11. The lowest BCUT2D eigenvalue weighted by molar-refractivity contribution is -0.139. The summed E-state index contributed by atoms with van der Waals surface area (Å²) in [5, 5.41) is 0.927. The lowest BCUT2D eigenvalue weighted by Gasteiger charge is -2.08. The van der Waals surface area contributed by atoms with Gasteiger partial charge in [0.05, 0.1) is 18.5 Å². The predicted octanol–water partition coefficient (Wildman–Crippen LogP) is 3.57. The highest BCUT2D eigenvalue weighted by molar-refractivity contribution is 5.78. The predicted molar refractivity (Wildman–Crippen MR) is 57.9 cm³/mol. The van der Waals surface area contributed by atoms with Crippen molar-refractivity contribution < 1.29 is 17.9 Å². The van der Waals surface area contributed by atoms with Crippen LogP contribution in [0.4, 0.5) is 13.2 Å². The molecule has 0 radical (unpaired) electrons. The minimum Gasteiger partial charge on any atom is -0.477 e. The molecule has 0 N–H and O–H groups in total. The highest BCUT2D eigenvalue weighted by Gasteiger charge is 2.26. The van der Waals surface area contributed by atoms with Gasteiger partial charge in [-0.15, -0.1) is 0 Å². The zero-order valence-electron chi connectivity index (χ0n) is 8.87. The van der Waals surface area contributed by atoms with Crippen LogP contribution < -0.4 is 4.74 Å². The Morgan fingerprint density at radius 1 is 1.06 bits per heavy atom. The van der Waals surface area contributed by atoms with E-state index >= 15 is 0 Å². The third kappa shape index (κ3) is 3.34. The van der Waals surface area contributed by atoms with Crippen molar-refractivity contribution in [2.45, 2.75) is 12.6 Å². The van der Waals surface area contributed by atoms with Crippen LogP contribution in [-0.2, 0) is 0 Å². The first-order valence-corrected chi connectivity index (χ1v) is 5.10. The van der Waals surface area contributed by atoms with Crippen LogP contribution in [0, 0.1) is 0 Å². The van der Waals surface area contributed by atoms with Crippen molar-refractivity contribution in [3.05, 3.63) is 36.4 Å². The van der Waals surface area contributed by atoms with E-state index in [1.807, 2.05) is 18.2 Å². The number of benzene rings is 1. The van der Waals surface area contributed by atoms with Gasteiger partial charge < -0.3 is 4.74 Å². The first-order chi connectivity index (χ1) is 8.04. The highest BCUT2D eigenvalue weighted by atomic mass is 19.4. The van der Waals surface area contributed by atoms with Gasteiger partial charge in [-0.2, -0.15) is 13.2 Å². The number of pyridine rings is 1. The van der Waals surface area contributed by atoms with Crippen molar-refractivity contribution in [1.29, 1.82) is 0 Å². The molecule has 2 aromatic rings. The summed E-state index contributed by atoms with van der Waals surface area (Å²) in [7, 11) is 0. The molecule has 0 saturated carbocycles. The van der Waals surface area contributed by atoms with E-state index in [9.17, 15) is 13.2 Å². The van der Waals surface area contributed by atoms with Crippen LogP contribution in [-0.4, -0.2) is 17.8 Å². The summed E-state index contributed by atoms with van der Waals surface area (Å²) in [6, 6.07) is 10.7. The molecule has 1 aromatic carbocycles. The summed E-state index contributed by atoms with van der Waals surface area (Å²) >= 11 is 0. The van der Waals surface area contributed by atoms with Crippen molar-refractivity contribution in [3.63, 3.8) is 0 Å². The quantitative estimate of drug-likeness (QED) is 0.819. The molecule has 0 aliphatic rings. The van der Waals surface area contributed by atoms with E-state index in [-0.39, 0.29) is 5.88 Å². The third-order valence-electron chi connectivity index (χ3n) is 2.21. The summed E-state index contributed by atoms with van der Waals surface area (Å²) in [6.07, 6.45) is -5.17. The molecule has 5 heteroatoms. The molecule has 0 aliphatic carbocycles. The van der Waals surface area contributed by atoms with Crippen molar-refractivity contribution >= 4 is 10.9 Å². The van der Waals surface area contributed by atoms with Gasteiger partial charge >= 0.3 is 6.18 Å². The highest BCUT2D eigenvalue weighted by Crippen LogP contribution is 2.20. The molecule has 2 nitrogen and oxygen atoms in total. The Morgan fingerprint density at radius 3 is 2.59 bits per heavy atom. The Hall–Kier alpha value is -1.78. The van der Waals surface area contributed by atoms with Gasteiger partial charge in [-0.05, 0) is 12.1 Å². The van der Waals surface area contributed by atoms with Gasteiger partial charge in [0.1, 0.15) is 0 Å². The number of halogens is 3. The SMILES string of the molecule is FC(F)(F)CCOc1ccc2ccccc2n1. The minimum atomic E-state index is -4.20. The second-order valence-corrected chi connectivity index (χ2v) is 3.56. The molecule has 1 heterocycles. The molecule has 1 aromatic heterocycles. The molecule has 90 valence electrons. The van der Waals surface area contributed by atoms with Gasteiger partial charge in [-0.25, -0.2) is 4.98 Å². The molecule has 0 unspecified atom stereocenters. The molecule has 0 fully saturated rings. The molecule has 0 spiro atoms. The maximum Gasteiger partial charge on any atom is 0.392 e. The third-order valence-corrected chi connectivity index (χ3v) is 2.21. The number of aromatic nitrogens is 1. The van der Waals surface area contributed by atoms with Crippen LogP contribution in [0.15, 0.2) is 36.4 Å². The molecule has 0 aliphatic heterocycles. The largest absolute Gasteiger partial charge is 0.477 e. The van der Waals surface area contributed by atoms with E-state index in [0.29, 0.717) is 5.52 Å². The van der Waals surface area contributed by atoms with Gasteiger partial charge in [0.15, 0.2) is 0 Å². The van der Waals surface area contributed by atoms with Gasteiger partial charge in [-0.3, -0.25) is 0 Å². The number of hydrogen-bond acceptors (Lipinski definition) is 2. The summed E-state index contributed by atoms with van der Waals surface area (Å²) in [5.74, 6) is 0.216. The molecule has 0 amide bonds. The summed E-state index contributed by atoms with van der Waals surface area (Å²) < 4.78 is 40.7. The molecular formula is C12H10F3NO. The minimum absolute atomic E-state index is 0.216. The van der Waals surface area contributed by atoms with Gasteiger partial charge in [0, 0.05) is 11.5 Å². The van der Waals surface area contributed by atoms with Crippen LogP contribution in [0.1, 0.15) is 6.42 Å². The van der Waals surface area contributed by atoms with E-state index in [1.165, 1.54) is 0 Å². The number of rotatable bonds is 3. The monoisotopic (exact) mass is 241 g/mol. The Balaban J connectivity index is 2.04. The van der Waals surface area contributed by atoms with Crippen molar-refractivity contribution in [2.75, 3.05) is 6.61 Å². The second-order valence-electron chi connectivity index (χ2n) is 3.56. The van der Waals surface area contributed by atoms with Crippen molar-refractivity contribution in [1.82, 2.24) is 4.98 Å². The maximum atomic E-state index is 11.9. The van der Waals surface area contributed by atoms with Gasteiger partial charge in [-0.1, -0.05) is 18.2 Å². The first-order valence-electron chi connectivity index (χ1n) is 5.10. The zero-order chi connectivity index (χ0) is 12.3. The van der Waals surface area contributed by atoms with E-state index in [1.54, 1.807) is 18.2 Å². The zero-order valence-corrected chi connectivity index (χ0v) is 8.87. The van der Waals surface area contributed by atoms with E-state index in [2.05, 4.69) is 4.98 Å². The average Bonchev–Trinajstić information content (AvgIpc) is 2.27. The molecular weight excluding hydrogens is 231 g/mol. The van der Waals surface area contributed by atoms with Crippen LogP contribution in [0.5, 0.6) is 5.88 Å². The number of alkyl halides is 3. The van der Waals surface area contributed by atoms with Gasteiger partial charge in [0.2, 0.25) is 5.88 Å². The van der Waals surface area contributed by atoms with E-state index in [0.717, 1.165) is 5.39 Å². The topological polar surface area (TPSA) is 22.1 Å². The number of para-hydroxylation sites is 1. The fourth-order valence-electron chi connectivity index (χ4n) is 1.40. The second kappa shape index (κ2) is 4.61. The first kappa shape index (κ1) is 11.7. The number of ether oxygens (including phenoxy) is 1. The summed E-state index contributed by atoms with van der Waals surface area (Å²) in [6.45, 7) is -0.408. The number of fused-ring (bicyclic) bond motifs is 1. The Labute approximate surface area is 96.0 Å². The Kier molecular flexibility index (Phi) is 3.17. The van der Waals surface area contributed by atoms with Gasteiger partial charge in [0.25, 0.3) is 0 Å². The van der Waals surface area contributed by atoms with Crippen LogP contribution in [0.25, 0.3) is 10.9 Å². The smallest absolute Gasteiger partial charge is 0.392 e. The molecule has 0 atom stereocenters. The summed E-state index contributed by atoms with van der Waals surface area (Å²) in [5.41, 5.74) is 0.706. The normalized spacial score (nSPS) is 11.7. The van der Waals surface area contributed by atoms with E-state index < -0.39 is 19.2 Å². The standard InChI is InChI=1S/C12H10F3NO/c13-12(14,15)7-8-17-11-6-5-9-3-1-2-4-10(9)16-11/h1-6H,7-8H2. The molecule has 2 rings (SSSR count). The van der Waals surface area contributed by atoms with Crippen molar-refractivity contribution in [2.24, 2.45) is 0 Å². The number of hydrogen-bond donors (Lipinski definition) is 0. The fourth-order valence-corrected chi connectivity index (χ4v) is 1.40. The van der Waals surface area contributed by atoms with Crippen LogP contribution in [0.2, 0.25) is 0 Å². The molecule has 0 saturated heterocycles. The van der Waals surface area contributed by atoms with E-state index in [4.69, 9.17) is 4.74 Å². The fraction of sp³-hybridized carbons (Fsp3) is 0.250. The molecule has 17 heavy (non-hydrogen) atoms. The van der Waals surface area contributed by atoms with Crippen molar-refractivity contribution in [3.8, 4) is 5.88 Å². The molecule has 0 bridgehead atoms.